The first-order valence-electron chi connectivity index (χ1n) is 7.12. The van der Waals surface area contributed by atoms with E-state index in [0.29, 0.717) is 11.8 Å². The van der Waals surface area contributed by atoms with E-state index in [4.69, 9.17) is 0 Å². The normalized spacial score (nSPS) is 31.2. The van der Waals surface area contributed by atoms with Crippen LogP contribution >= 0.6 is 0 Å². The number of hydrogen-bond acceptors (Lipinski definition) is 2. The fourth-order valence-electron chi connectivity index (χ4n) is 3.31. The fourth-order valence-corrected chi connectivity index (χ4v) is 3.31. The Hall–Kier alpha value is -1.09. The largest absolute Gasteiger partial charge is 0.393 e. The first-order chi connectivity index (χ1) is 8.97. The van der Waals surface area contributed by atoms with Gasteiger partial charge in [-0.15, -0.1) is 0 Å². The van der Waals surface area contributed by atoms with Gasteiger partial charge in [0.25, 0.3) is 0 Å². The maximum atomic E-state index is 13.2. The van der Waals surface area contributed by atoms with Gasteiger partial charge in [0.05, 0.1) is 6.10 Å². The van der Waals surface area contributed by atoms with Gasteiger partial charge in [-0.1, -0.05) is 19.9 Å². The molecule has 1 fully saturated rings. The van der Waals surface area contributed by atoms with Gasteiger partial charge in [-0.2, -0.15) is 0 Å². The molecule has 4 atom stereocenters. The van der Waals surface area contributed by atoms with Crippen molar-refractivity contribution in [3.8, 4) is 0 Å². The molecule has 3 heteroatoms. The van der Waals surface area contributed by atoms with Gasteiger partial charge in [-0.25, -0.2) is 4.39 Å². The fraction of sp³-hybridized carbons (Fsp3) is 0.625. The van der Waals surface area contributed by atoms with E-state index in [2.05, 4.69) is 13.8 Å². The molecule has 0 bridgehead atoms. The number of nitrogens with zero attached hydrogens (tertiary/aromatic N) is 1. The Morgan fingerprint density at radius 3 is 2.68 bits per heavy atom. The molecule has 1 N–H and O–H groups in total. The lowest BCUT2D eigenvalue weighted by atomic mass is 9.73. The summed E-state index contributed by atoms with van der Waals surface area (Å²) in [7, 11) is 1.96. The van der Waals surface area contributed by atoms with Crippen LogP contribution in [0.5, 0.6) is 0 Å². The molecular formula is C16H24FNO. The predicted octanol–water partition coefficient (Wildman–Crippen LogP) is 3.31. The average Bonchev–Trinajstić information content (AvgIpc) is 2.33. The maximum Gasteiger partial charge on any atom is 0.125 e. The van der Waals surface area contributed by atoms with Crippen molar-refractivity contribution in [2.24, 2.45) is 17.8 Å². The third kappa shape index (κ3) is 3.47. The number of anilines is 1. The SMILES string of the molecule is CC1CC(C)C(CN(C)c2cccc(F)c2)C(O)C1. The number of benzene rings is 1. The molecular weight excluding hydrogens is 241 g/mol. The molecule has 19 heavy (non-hydrogen) atoms. The molecule has 1 saturated carbocycles. The standard InChI is InChI=1S/C16H24FNO/c1-11-7-12(2)15(16(19)8-11)10-18(3)14-6-4-5-13(17)9-14/h4-6,9,11-12,15-16,19H,7-8,10H2,1-3H3. The smallest absolute Gasteiger partial charge is 0.125 e. The summed E-state index contributed by atoms with van der Waals surface area (Å²) in [4.78, 5) is 2.05. The van der Waals surface area contributed by atoms with Crippen LogP contribution in [0.4, 0.5) is 10.1 Å². The van der Waals surface area contributed by atoms with E-state index in [1.54, 1.807) is 12.1 Å². The molecule has 0 amide bonds. The monoisotopic (exact) mass is 265 g/mol. The highest BCUT2D eigenvalue weighted by atomic mass is 19.1. The molecule has 0 saturated heterocycles. The highest BCUT2D eigenvalue weighted by Gasteiger charge is 2.33. The second kappa shape index (κ2) is 5.91. The molecule has 1 aromatic rings. The summed E-state index contributed by atoms with van der Waals surface area (Å²) in [6, 6.07) is 6.63. The zero-order valence-corrected chi connectivity index (χ0v) is 12.0. The summed E-state index contributed by atoms with van der Waals surface area (Å²) < 4.78 is 13.2. The van der Waals surface area contributed by atoms with E-state index in [1.807, 2.05) is 18.0 Å². The van der Waals surface area contributed by atoms with Crippen molar-refractivity contribution in [2.75, 3.05) is 18.5 Å². The average molecular weight is 265 g/mol. The molecule has 106 valence electrons. The number of halogens is 1. The Labute approximate surface area is 115 Å². The highest BCUT2D eigenvalue weighted by Crippen LogP contribution is 2.34. The number of aliphatic hydroxyl groups excluding tert-OH is 1. The van der Waals surface area contributed by atoms with E-state index in [1.165, 1.54) is 12.5 Å². The van der Waals surface area contributed by atoms with Crippen LogP contribution in [-0.4, -0.2) is 24.8 Å². The summed E-state index contributed by atoms with van der Waals surface area (Å²) in [5.41, 5.74) is 0.873. The third-order valence-corrected chi connectivity index (χ3v) is 4.38. The van der Waals surface area contributed by atoms with Crippen molar-refractivity contribution in [3.05, 3.63) is 30.1 Å². The first kappa shape index (κ1) is 14.3. The summed E-state index contributed by atoms with van der Waals surface area (Å²) in [6.07, 6.45) is 1.81. The zero-order chi connectivity index (χ0) is 14.0. The van der Waals surface area contributed by atoms with E-state index in [9.17, 15) is 9.50 Å². The van der Waals surface area contributed by atoms with Crippen molar-refractivity contribution in [1.29, 1.82) is 0 Å². The van der Waals surface area contributed by atoms with Gasteiger partial charge >= 0.3 is 0 Å². The summed E-state index contributed by atoms with van der Waals surface area (Å²) in [5, 5.41) is 10.3. The summed E-state index contributed by atoms with van der Waals surface area (Å²) >= 11 is 0. The van der Waals surface area contributed by atoms with Crippen LogP contribution in [0.15, 0.2) is 24.3 Å². The molecule has 0 spiro atoms. The topological polar surface area (TPSA) is 23.5 Å². The van der Waals surface area contributed by atoms with Crippen LogP contribution < -0.4 is 4.90 Å². The molecule has 0 radical (unpaired) electrons. The predicted molar refractivity (Wildman–Crippen MR) is 76.7 cm³/mol. The Kier molecular flexibility index (Phi) is 4.46. The van der Waals surface area contributed by atoms with Crippen LogP contribution in [0.1, 0.15) is 26.7 Å². The van der Waals surface area contributed by atoms with Gasteiger partial charge in [0.1, 0.15) is 5.82 Å². The van der Waals surface area contributed by atoms with Crippen molar-refractivity contribution in [1.82, 2.24) is 0 Å². The molecule has 1 aliphatic carbocycles. The second-order valence-electron chi connectivity index (χ2n) is 6.15. The Morgan fingerprint density at radius 1 is 1.32 bits per heavy atom. The Bertz CT molecular complexity index is 411. The minimum Gasteiger partial charge on any atom is -0.393 e. The summed E-state index contributed by atoms with van der Waals surface area (Å²) in [5.74, 6) is 1.16. The van der Waals surface area contributed by atoms with E-state index >= 15 is 0 Å². The van der Waals surface area contributed by atoms with Crippen LogP contribution in [0.25, 0.3) is 0 Å². The van der Waals surface area contributed by atoms with Crippen molar-refractivity contribution in [2.45, 2.75) is 32.8 Å². The molecule has 1 aromatic carbocycles. The van der Waals surface area contributed by atoms with Crippen LogP contribution in [0.3, 0.4) is 0 Å². The number of aliphatic hydroxyl groups is 1. The van der Waals surface area contributed by atoms with E-state index < -0.39 is 0 Å². The van der Waals surface area contributed by atoms with Crippen molar-refractivity contribution < 1.29 is 9.50 Å². The van der Waals surface area contributed by atoms with Gasteiger partial charge in [-0.3, -0.25) is 0 Å². The zero-order valence-electron chi connectivity index (χ0n) is 12.0. The van der Waals surface area contributed by atoms with Crippen molar-refractivity contribution >= 4 is 5.69 Å². The number of rotatable bonds is 3. The van der Waals surface area contributed by atoms with E-state index in [-0.39, 0.29) is 17.8 Å². The second-order valence-corrected chi connectivity index (χ2v) is 6.15. The molecule has 2 nitrogen and oxygen atoms in total. The van der Waals surface area contributed by atoms with Gasteiger partial charge < -0.3 is 10.0 Å². The molecule has 0 heterocycles. The lowest BCUT2D eigenvalue weighted by Gasteiger charge is -2.39. The van der Waals surface area contributed by atoms with Crippen molar-refractivity contribution in [3.63, 3.8) is 0 Å². The molecule has 1 aliphatic rings. The lowest BCUT2D eigenvalue weighted by molar-refractivity contribution is 0.0205. The maximum absolute atomic E-state index is 13.2. The van der Waals surface area contributed by atoms with Gasteiger partial charge in [0.2, 0.25) is 0 Å². The third-order valence-electron chi connectivity index (χ3n) is 4.38. The Morgan fingerprint density at radius 2 is 2.05 bits per heavy atom. The van der Waals surface area contributed by atoms with E-state index in [0.717, 1.165) is 18.7 Å². The van der Waals surface area contributed by atoms with Crippen LogP contribution in [0, 0.1) is 23.6 Å². The minimum atomic E-state index is -0.241. The molecule has 4 unspecified atom stereocenters. The van der Waals surface area contributed by atoms with Crippen LogP contribution in [-0.2, 0) is 0 Å². The minimum absolute atomic E-state index is 0.213. The van der Waals surface area contributed by atoms with Gasteiger partial charge in [0, 0.05) is 25.2 Å². The summed E-state index contributed by atoms with van der Waals surface area (Å²) in [6.45, 7) is 5.19. The van der Waals surface area contributed by atoms with Gasteiger partial charge in [-0.05, 0) is 42.9 Å². The van der Waals surface area contributed by atoms with Gasteiger partial charge in [0.15, 0.2) is 0 Å². The quantitative estimate of drug-likeness (QED) is 0.906. The lowest BCUT2D eigenvalue weighted by Crippen LogP contribution is -2.41. The molecule has 0 aliphatic heterocycles. The molecule has 2 rings (SSSR count). The number of hydrogen-bond donors (Lipinski definition) is 1. The molecule has 0 aromatic heterocycles. The highest BCUT2D eigenvalue weighted by molar-refractivity contribution is 5.45. The van der Waals surface area contributed by atoms with Crippen LogP contribution in [0.2, 0.25) is 0 Å². The first-order valence-corrected chi connectivity index (χ1v) is 7.12. The Balaban J connectivity index is 2.03.